The van der Waals surface area contributed by atoms with Crippen molar-refractivity contribution in [3.8, 4) is 28.6 Å². The maximum atomic E-state index is 13.0. The third-order valence-corrected chi connectivity index (χ3v) is 6.25. The van der Waals surface area contributed by atoms with Crippen LogP contribution in [-0.4, -0.2) is 39.9 Å². The van der Waals surface area contributed by atoms with Gasteiger partial charge < -0.3 is 14.2 Å². The molecule has 10 heteroatoms. The predicted octanol–water partition coefficient (Wildman–Crippen LogP) is 4.81. The summed E-state index contributed by atoms with van der Waals surface area (Å²) in [6.45, 7) is 4.86. The van der Waals surface area contributed by atoms with Crippen molar-refractivity contribution in [1.82, 2.24) is 15.2 Å². The molecule has 0 radical (unpaired) electrons. The van der Waals surface area contributed by atoms with Gasteiger partial charge in [0.05, 0.1) is 18.4 Å². The van der Waals surface area contributed by atoms with Crippen LogP contribution >= 0.6 is 11.8 Å². The minimum atomic E-state index is -1.01. The number of benzene rings is 2. The summed E-state index contributed by atoms with van der Waals surface area (Å²) >= 11 is 1.49. The van der Waals surface area contributed by atoms with Crippen molar-refractivity contribution in [3.05, 3.63) is 48.0 Å². The molecule has 0 N–H and O–H groups in total. The number of hydrogen-bond acceptors (Lipinski definition) is 9. The molecule has 1 unspecified atom stereocenters. The first-order valence-electron chi connectivity index (χ1n) is 11.2. The fourth-order valence-electron chi connectivity index (χ4n) is 3.76. The zero-order valence-corrected chi connectivity index (χ0v) is 20.8. The van der Waals surface area contributed by atoms with Crippen LogP contribution in [0.25, 0.3) is 11.3 Å². The van der Waals surface area contributed by atoms with Gasteiger partial charge in [-0.3, -0.25) is 14.5 Å². The van der Waals surface area contributed by atoms with E-state index in [-0.39, 0.29) is 17.5 Å². The highest BCUT2D eigenvalue weighted by Gasteiger charge is 2.37. The van der Waals surface area contributed by atoms with E-state index < -0.39 is 12.2 Å². The van der Waals surface area contributed by atoms with Crippen LogP contribution in [0.3, 0.4) is 0 Å². The van der Waals surface area contributed by atoms with Crippen LogP contribution < -0.4 is 19.1 Å². The Morgan fingerprint density at radius 3 is 2.63 bits per heavy atom. The molecule has 0 bridgehead atoms. The van der Waals surface area contributed by atoms with E-state index in [4.69, 9.17) is 14.2 Å². The number of ether oxygens (including phenoxy) is 3. The van der Waals surface area contributed by atoms with Gasteiger partial charge in [-0.2, -0.15) is 4.98 Å². The van der Waals surface area contributed by atoms with E-state index in [1.165, 1.54) is 37.6 Å². The molecule has 2 heterocycles. The summed E-state index contributed by atoms with van der Waals surface area (Å²) in [5.74, 6) is 0.772. The zero-order valence-electron chi connectivity index (χ0n) is 20.0. The zero-order chi connectivity index (χ0) is 24.9. The molecule has 182 valence electrons. The molecule has 0 saturated carbocycles. The first-order valence-corrected chi connectivity index (χ1v) is 12.2. The van der Waals surface area contributed by atoms with E-state index in [1.54, 1.807) is 24.3 Å². The van der Waals surface area contributed by atoms with Crippen LogP contribution in [0.1, 0.15) is 45.4 Å². The van der Waals surface area contributed by atoms with E-state index in [2.05, 4.69) is 22.1 Å². The number of carbonyl (C=O) groups excluding carboxylic acids is 2. The molecule has 2 aromatic carbocycles. The molecule has 1 aromatic heterocycles. The Morgan fingerprint density at radius 1 is 1.11 bits per heavy atom. The number of amides is 1. The summed E-state index contributed by atoms with van der Waals surface area (Å²) in [7, 11) is 1.48. The predicted molar refractivity (Wildman–Crippen MR) is 132 cm³/mol. The van der Waals surface area contributed by atoms with Crippen molar-refractivity contribution >= 4 is 29.3 Å². The lowest BCUT2D eigenvalue weighted by atomic mass is 10.1. The highest BCUT2D eigenvalue weighted by Crippen LogP contribution is 2.46. The van der Waals surface area contributed by atoms with Gasteiger partial charge in [0.2, 0.25) is 23.2 Å². The molecule has 0 saturated heterocycles. The number of para-hydroxylation sites is 2. The fourth-order valence-corrected chi connectivity index (χ4v) is 4.63. The van der Waals surface area contributed by atoms with Gasteiger partial charge in [-0.1, -0.05) is 49.4 Å². The summed E-state index contributed by atoms with van der Waals surface area (Å²) < 4.78 is 17.4. The van der Waals surface area contributed by atoms with Crippen LogP contribution in [0.15, 0.2) is 47.6 Å². The monoisotopic (exact) mass is 494 g/mol. The van der Waals surface area contributed by atoms with Crippen LogP contribution in [0.2, 0.25) is 0 Å². The smallest absolute Gasteiger partial charge is 0.308 e. The quantitative estimate of drug-likeness (QED) is 0.198. The molecule has 3 aromatic rings. The molecule has 1 amide bonds. The SMILES string of the molecule is CCCCSc1nnc2c(n1)OC(c1cccc(OC)c1OC(C)=O)N(C(C)=O)c1ccccc1-2. The maximum Gasteiger partial charge on any atom is 0.308 e. The Labute approximate surface area is 207 Å². The lowest BCUT2D eigenvalue weighted by molar-refractivity contribution is -0.132. The Hall–Kier alpha value is -3.66. The number of carbonyl (C=O) groups is 2. The van der Waals surface area contributed by atoms with Gasteiger partial charge in [-0.15, -0.1) is 10.2 Å². The molecule has 9 nitrogen and oxygen atoms in total. The second-order valence-electron chi connectivity index (χ2n) is 7.80. The van der Waals surface area contributed by atoms with Crippen molar-refractivity contribution in [3.63, 3.8) is 0 Å². The molecule has 1 atom stereocenters. The standard InChI is InChI=1S/C25H26N4O5S/c1-5-6-14-35-25-26-23-21(27-28-25)17-10-7-8-12-19(17)29(15(2)30)24(34-23)18-11-9-13-20(32-4)22(18)33-16(3)31/h7-13,24H,5-6,14H2,1-4H3. The molecule has 0 aliphatic carbocycles. The fraction of sp³-hybridized carbons (Fsp3) is 0.320. The number of fused-ring (bicyclic) bond motifs is 3. The number of nitrogens with zero attached hydrogens (tertiary/aromatic N) is 4. The van der Waals surface area contributed by atoms with E-state index in [0.717, 1.165) is 18.6 Å². The molecule has 0 spiro atoms. The van der Waals surface area contributed by atoms with E-state index in [0.29, 0.717) is 33.4 Å². The average Bonchev–Trinajstić information content (AvgIpc) is 2.98. The minimum Gasteiger partial charge on any atom is -0.493 e. The minimum absolute atomic E-state index is 0.166. The first-order chi connectivity index (χ1) is 16.9. The van der Waals surface area contributed by atoms with Crippen molar-refractivity contribution in [2.45, 2.75) is 45.0 Å². The van der Waals surface area contributed by atoms with Gasteiger partial charge in [-0.05, 0) is 24.6 Å². The number of thioether (sulfide) groups is 1. The number of rotatable bonds is 7. The summed E-state index contributed by atoms with van der Waals surface area (Å²) in [5, 5.41) is 9.19. The van der Waals surface area contributed by atoms with Gasteiger partial charge in [0, 0.05) is 25.2 Å². The second-order valence-corrected chi connectivity index (χ2v) is 8.86. The molecule has 35 heavy (non-hydrogen) atoms. The van der Waals surface area contributed by atoms with Crippen LogP contribution in [0, 0.1) is 0 Å². The second kappa shape index (κ2) is 10.7. The Balaban J connectivity index is 1.92. The van der Waals surface area contributed by atoms with Gasteiger partial charge in [0.25, 0.3) is 0 Å². The number of methoxy groups -OCH3 is 1. The molecular weight excluding hydrogens is 468 g/mol. The van der Waals surface area contributed by atoms with Crippen molar-refractivity contribution in [2.75, 3.05) is 17.8 Å². The van der Waals surface area contributed by atoms with Crippen LogP contribution in [0.4, 0.5) is 5.69 Å². The summed E-state index contributed by atoms with van der Waals surface area (Å²) in [4.78, 5) is 31.1. The molecule has 1 aliphatic rings. The largest absolute Gasteiger partial charge is 0.493 e. The number of esters is 1. The van der Waals surface area contributed by atoms with Crippen LogP contribution in [-0.2, 0) is 9.59 Å². The van der Waals surface area contributed by atoms with Crippen LogP contribution in [0.5, 0.6) is 17.4 Å². The Bertz CT molecular complexity index is 1250. The van der Waals surface area contributed by atoms with E-state index in [1.807, 2.05) is 18.2 Å². The lowest BCUT2D eigenvalue weighted by Crippen LogP contribution is -2.36. The summed E-state index contributed by atoms with van der Waals surface area (Å²) in [5.41, 5.74) is 2.08. The number of anilines is 1. The Morgan fingerprint density at radius 2 is 1.91 bits per heavy atom. The summed E-state index contributed by atoms with van der Waals surface area (Å²) in [6, 6.07) is 12.5. The number of hydrogen-bond donors (Lipinski definition) is 0. The van der Waals surface area contributed by atoms with Gasteiger partial charge in [0.1, 0.15) is 0 Å². The molecular formula is C25H26N4O5S. The summed E-state index contributed by atoms with van der Waals surface area (Å²) in [6.07, 6.45) is 1.06. The van der Waals surface area contributed by atoms with Crippen molar-refractivity contribution in [2.24, 2.45) is 0 Å². The third kappa shape index (κ3) is 5.07. The van der Waals surface area contributed by atoms with Gasteiger partial charge in [0.15, 0.2) is 17.2 Å². The molecule has 1 aliphatic heterocycles. The molecule has 0 fully saturated rings. The Kier molecular flexibility index (Phi) is 7.50. The van der Waals surface area contributed by atoms with Gasteiger partial charge in [-0.25, -0.2) is 0 Å². The topological polar surface area (TPSA) is 104 Å². The van der Waals surface area contributed by atoms with Crippen molar-refractivity contribution < 1.29 is 23.8 Å². The normalized spacial score (nSPS) is 14.3. The maximum absolute atomic E-state index is 13.0. The first kappa shape index (κ1) is 24.5. The average molecular weight is 495 g/mol. The third-order valence-electron chi connectivity index (χ3n) is 5.32. The molecule has 4 rings (SSSR count). The number of unbranched alkanes of at least 4 members (excludes halogenated alkanes) is 1. The van der Waals surface area contributed by atoms with Gasteiger partial charge >= 0.3 is 5.97 Å². The lowest BCUT2D eigenvalue weighted by Gasteiger charge is -2.31. The number of aromatic nitrogens is 3. The highest BCUT2D eigenvalue weighted by molar-refractivity contribution is 7.99. The van der Waals surface area contributed by atoms with E-state index in [9.17, 15) is 9.59 Å². The highest BCUT2D eigenvalue weighted by atomic mass is 32.2. The van der Waals surface area contributed by atoms with E-state index >= 15 is 0 Å². The van der Waals surface area contributed by atoms with Crippen molar-refractivity contribution in [1.29, 1.82) is 0 Å².